The Morgan fingerprint density at radius 2 is 1.63 bits per heavy atom. The monoisotopic (exact) mass is 429 g/mol. The van der Waals surface area contributed by atoms with Gasteiger partial charge in [0.1, 0.15) is 16.4 Å². The van der Waals surface area contributed by atoms with Crippen molar-refractivity contribution in [2.45, 2.75) is 46.0 Å². The molecule has 11 heteroatoms. The van der Waals surface area contributed by atoms with E-state index in [4.69, 9.17) is 4.74 Å². The Bertz CT molecular complexity index is 658. The molecule has 0 fully saturated rings. The zero-order chi connectivity index (χ0) is 20.9. The molecule has 0 aromatic carbocycles. The Kier molecular flexibility index (Phi) is 12.5. The quantitative estimate of drug-likeness (QED) is 0.375. The molecule has 0 bridgehead atoms. The third-order valence-corrected chi connectivity index (χ3v) is 6.18. The minimum Gasteiger partial charge on any atom is -0.463 e. The minimum atomic E-state index is -3.80. The number of nitrogens with one attached hydrogen (secondary N) is 1. The second-order valence-electron chi connectivity index (χ2n) is 6.38. The molecule has 9 nitrogen and oxygen atoms in total. The number of unbranched alkanes of at least 4 members (excludes halogenated alkanes) is 1. The van der Waals surface area contributed by atoms with Gasteiger partial charge in [0.15, 0.2) is 6.61 Å². The summed E-state index contributed by atoms with van der Waals surface area (Å²) in [6.45, 7) is 3.13. The van der Waals surface area contributed by atoms with Gasteiger partial charge in [0, 0.05) is 6.26 Å². The molecule has 0 heterocycles. The van der Waals surface area contributed by atoms with Gasteiger partial charge in [0.05, 0.1) is 18.1 Å². The fourth-order valence-corrected chi connectivity index (χ4v) is 3.95. The highest BCUT2D eigenvalue weighted by molar-refractivity contribution is 7.91. The first kappa shape index (κ1) is 25.8. The van der Waals surface area contributed by atoms with Crippen molar-refractivity contribution in [3.8, 4) is 0 Å². The summed E-state index contributed by atoms with van der Waals surface area (Å²) in [7, 11) is -7.05. The number of carbonyl (C=O) groups excluding carboxylic acids is 2. The van der Waals surface area contributed by atoms with E-state index < -0.39 is 50.7 Å². The van der Waals surface area contributed by atoms with E-state index in [0.717, 1.165) is 31.9 Å². The lowest BCUT2D eigenvalue weighted by molar-refractivity contribution is -0.159. The second-order valence-corrected chi connectivity index (χ2v) is 10.6. The summed E-state index contributed by atoms with van der Waals surface area (Å²) in [5.41, 5.74) is 0. The maximum Gasteiger partial charge on any atom is 0.344 e. The van der Waals surface area contributed by atoms with Gasteiger partial charge < -0.3 is 9.47 Å². The topological polar surface area (TPSA) is 133 Å². The normalized spacial score (nSPS) is 13.1. The molecular weight excluding hydrogens is 398 g/mol. The van der Waals surface area contributed by atoms with Gasteiger partial charge in [-0.15, -0.1) is 0 Å². The molecule has 0 rings (SSSR count). The zero-order valence-corrected chi connectivity index (χ0v) is 17.9. The first-order valence-electron chi connectivity index (χ1n) is 8.95. The van der Waals surface area contributed by atoms with Gasteiger partial charge in [-0.2, -0.15) is 0 Å². The molecule has 27 heavy (non-hydrogen) atoms. The number of ether oxygens (including phenoxy) is 2. The van der Waals surface area contributed by atoms with E-state index in [1.54, 1.807) is 0 Å². The van der Waals surface area contributed by atoms with E-state index in [0.29, 0.717) is 0 Å². The maximum atomic E-state index is 11.7. The summed E-state index contributed by atoms with van der Waals surface area (Å²) in [5.74, 6) is -2.03. The van der Waals surface area contributed by atoms with Crippen LogP contribution in [0.15, 0.2) is 0 Å². The van der Waals surface area contributed by atoms with Gasteiger partial charge in [-0.05, 0) is 18.8 Å². The highest BCUT2D eigenvalue weighted by Crippen LogP contribution is 2.12. The van der Waals surface area contributed by atoms with E-state index >= 15 is 0 Å². The summed E-state index contributed by atoms with van der Waals surface area (Å²) >= 11 is 0. The van der Waals surface area contributed by atoms with Crippen LogP contribution in [0.5, 0.6) is 0 Å². The van der Waals surface area contributed by atoms with E-state index in [1.807, 2.05) is 11.6 Å². The molecule has 160 valence electrons. The van der Waals surface area contributed by atoms with Gasteiger partial charge in [-0.25, -0.2) is 26.4 Å². The van der Waals surface area contributed by atoms with E-state index in [2.05, 4.69) is 11.7 Å². The number of rotatable bonds is 15. The molecule has 0 radical (unpaired) electrons. The van der Waals surface area contributed by atoms with Crippen LogP contribution in [0.1, 0.15) is 46.0 Å². The lowest BCUT2D eigenvalue weighted by atomic mass is 10.0. The molecule has 0 aromatic heterocycles. The van der Waals surface area contributed by atoms with Gasteiger partial charge in [0.2, 0.25) is 10.0 Å². The van der Waals surface area contributed by atoms with Crippen molar-refractivity contribution in [1.29, 1.82) is 0 Å². The van der Waals surface area contributed by atoms with Crippen LogP contribution in [-0.4, -0.2) is 66.3 Å². The van der Waals surface area contributed by atoms with Crippen molar-refractivity contribution in [3.05, 3.63) is 0 Å². The van der Waals surface area contributed by atoms with E-state index in [-0.39, 0.29) is 24.7 Å². The first-order valence-corrected chi connectivity index (χ1v) is 12.7. The molecule has 1 atom stereocenters. The van der Waals surface area contributed by atoms with Crippen LogP contribution in [0.2, 0.25) is 0 Å². The Labute approximate surface area is 162 Å². The summed E-state index contributed by atoms with van der Waals surface area (Å²) in [6.07, 6.45) is 4.89. The average Bonchev–Trinajstić information content (AvgIpc) is 2.57. The van der Waals surface area contributed by atoms with Crippen molar-refractivity contribution in [2.24, 2.45) is 5.92 Å². The summed E-state index contributed by atoms with van der Waals surface area (Å²) in [4.78, 5) is 23.1. The largest absolute Gasteiger partial charge is 0.463 e. The highest BCUT2D eigenvalue weighted by atomic mass is 32.2. The first-order chi connectivity index (χ1) is 12.5. The summed E-state index contributed by atoms with van der Waals surface area (Å²) < 4.78 is 57.0. The van der Waals surface area contributed by atoms with Crippen molar-refractivity contribution >= 4 is 31.8 Å². The summed E-state index contributed by atoms with van der Waals surface area (Å²) in [6, 6.07) is 0. The van der Waals surface area contributed by atoms with Crippen LogP contribution in [0.4, 0.5) is 0 Å². The standard InChI is InChI=1S/C16H31NO8S2/c1-4-6-8-14(5-2)12-24-16(19)13-25-15(18)11-17-27(22,23)10-7-9-26(3,20)21/h14,17H,4-13H2,1-3H3. The molecule has 1 unspecified atom stereocenters. The Hall–Kier alpha value is -1.20. The zero-order valence-electron chi connectivity index (χ0n) is 16.2. The highest BCUT2D eigenvalue weighted by Gasteiger charge is 2.16. The van der Waals surface area contributed by atoms with Crippen LogP contribution in [0, 0.1) is 5.92 Å². The number of sulfone groups is 1. The molecule has 1 N–H and O–H groups in total. The van der Waals surface area contributed by atoms with Gasteiger partial charge in [-0.1, -0.05) is 33.1 Å². The fraction of sp³-hybridized carbons (Fsp3) is 0.875. The third-order valence-electron chi connectivity index (χ3n) is 3.74. The number of hydrogen-bond acceptors (Lipinski definition) is 8. The second kappa shape index (κ2) is 13.1. The molecule has 0 aliphatic rings. The molecule has 0 saturated heterocycles. The van der Waals surface area contributed by atoms with Gasteiger partial charge in [0.25, 0.3) is 0 Å². The van der Waals surface area contributed by atoms with Crippen LogP contribution in [0.3, 0.4) is 0 Å². The third kappa shape index (κ3) is 15.5. The molecule has 0 amide bonds. The number of carbonyl (C=O) groups is 2. The Morgan fingerprint density at radius 1 is 0.963 bits per heavy atom. The number of sulfonamides is 1. The van der Waals surface area contributed by atoms with Crippen molar-refractivity contribution in [1.82, 2.24) is 4.72 Å². The van der Waals surface area contributed by atoms with Crippen LogP contribution in [0.25, 0.3) is 0 Å². The van der Waals surface area contributed by atoms with Gasteiger partial charge in [-0.3, -0.25) is 4.79 Å². The smallest absolute Gasteiger partial charge is 0.344 e. The predicted molar refractivity (Wildman–Crippen MR) is 101 cm³/mol. The Morgan fingerprint density at radius 3 is 2.19 bits per heavy atom. The molecule has 0 spiro atoms. The van der Waals surface area contributed by atoms with E-state index in [1.165, 1.54) is 0 Å². The maximum absolute atomic E-state index is 11.7. The number of hydrogen-bond donors (Lipinski definition) is 1. The van der Waals surface area contributed by atoms with Crippen molar-refractivity contribution in [3.63, 3.8) is 0 Å². The van der Waals surface area contributed by atoms with Crippen molar-refractivity contribution in [2.75, 3.05) is 37.5 Å². The molecule has 0 aliphatic heterocycles. The summed E-state index contributed by atoms with van der Waals surface area (Å²) in [5, 5.41) is 0. The lowest BCUT2D eigenvalue weighted by Gasteiger charge is -2.14. The molecule has 0 aromatic rings. The SMILES string of the molecule is CCCCC(CC)COC(=O)COC(=O)CNS(=O)(=O)CCCS(C)(=O)=O. The average molecular weight is 430 g/mol. The Balaban J connectivity index is 4.05. The molecular formula is C16H31NO8S2. The lowest BCUT2D eigenvalue weighted by Crippen LogP contribution is -2.33. The fourth-order valence-electron chi connectivity index (χ4n) is 2.09. The van der Waals surface area contributed by atoms with Gasteiger partial charge >= 0.3 is 11.9 Å². The van der Waals surface area contributed by atoms with Crippen LogP contribution in [-0.2, 0) is 38.9 Å². The van der Waals surface area contributed by atoms with Crippen LogP contribution < -0.4 is 4.72 Å². The predicted octanol–water partition coefficient (Wildman–Crippen LogP) is 0.643. The van der Waals surface area contributed by atoms with Crippen molar-refractivity contribution < 1.29 is 35.9 Å². The molecule has 0 aliphatic carbocycles. The van der Waals surface area contributed by atoms with E-state index in [9.17, 15) is 26.4 Å². The van der Waals surface area contributed by atoms with Crippen LogP contribution >= 0.6 is 0 Å². The molecule has 0 saturated carbocycles. The number of esters is 2. The minimum absolute atomic E-state index is 0.0772.